The molecule has 1 aromatic carbocycles. The van der Waals surface area contributed by atoms with E-state index >= 15 is 0 Å². The monoisotopic (exact) mass is 264 g/mol. The zero-order chi connectivity index (χ0) is 12.4. The van der Waals surface area contributed by atoms with Crippen LogP contribution in [0.5, 0.6) is 0 Å². The lowest BCUT2D eigenvalue weighted by atomic mass is 9.95. The molecule has 1 atom stereocenters. The summed E-state index contributed by atoms with van der Waals surface area (Å²) in [6.45, 7) is 5.93. The summed E-state index contributed by atoms with van der Waals surface area (Å²) in [4.78, 5) is 2.61. The second-order valence-electron chi connectivity index (χ2n) is 5.61. The number of hydrogen-bond donors (Lipinski definition) is 1. The highest BCUT2D eigenvalue weighted by Gasteiger charge is 2.21. The largest absolute Gasteiger partial charge is 0.316 e. The van der Waals surface area contributed by atoms with Gasteiger partial charge in [-0.15, -0.1) is 0 Å². The Labute approximate surface area is 114 Å². The van der Waals surface area contributed by atoms with Gasteiger partial charge in [-0.3, -0.25) is 4.90 Å². The molecular weight excluding hydrogens is 244 g/mol. The van der Waals surface area contributed by atoms with Crippen LogP contribution in [0.3, 0.4) is 0 Å². The number of nitrogens with zero attached hydrogens (tertiary/aromatic N) is 1. The molecule has 2 aliphatic rings. The van der Waals surface area contributed by atoms with Gasteiger partial charge in [0.2, 0.25) is 0 Å². The first-order valence-corrected chi connectivity index (χ1v) is 7.39. The number of fused-ring (bicyclic) bond motifs is 1. The molecule has 3 heteroatoms. The van der Waals surface area contributed by atoms with Crippen LogP contribution in [-0.2, 0) is 13.0 Å². The molecule has 1 unspecified atom stereocenters. The Balaban J connectivity index is 1.62. The molecular formula is C15H21ClN2. The summed E-state index contributed by atoms with van der Waals surface area (Å²) in [5.74, 6) is 0.840. The maximum absolute atomic E-state index is 6.05. The van der Waals surface area contributed by atoms with E-state index in [-0.39, 0.29) is 0 Å². The Kier molecular flexibility index (Phi) is 3.88. The molecule has 1 N–H and O–H groups in total. The normalized spacial score (nSPS) is 24.8. The summed E-state index contributed by atoms with van der Waals surface area (Å²) in [6.07, 6.45) is 3.87. The van der Waals surface area contributed by atoms with Gasteiger partial charge >= 0.3 is 0 Å². The number of piperidine rings is 1. The molecule has 0 amide bonds. The van der Waals surface area contributed by atoms with Gasteiger partial charge in [0.05, 0.1) is 0 Å². The summed E-state index contributed by atoms with van der Waals surface area (Å²) in [7, 11) is 0. The van der Waals surface area contributed by atoms with E-state index in [0.29, 0.717) is 0 Å². The fourth-order valence-electron chi connectivity index (χ4n) is 3.18. The Morgan fingerprint density at radius 3 is 3.11 bits per heavy atom. The molecule has 1 saturated heterocycles. The summed E-state index contributed by atoms with van der Waals surface area (Å²) < 4.78 is 0. The molecule has 98 valence electrons. The molecule has 0 spiro atoms. The van der Waals surface area contributed by atoms with Gasteiger partial charge in [-0.05, 0) is 61.5 Å². The minimum Gasteiger partial charge on any atom is -0.316 e. The van der Waals surface area contributed by atoms with Crippen LogP contribution >= 0.6 is 11.6 Å². The number of rotatable bonds is 2. The number of benzene rings is 1. The van der Waals surface area contributed by atoms with Gasteiger partial charge < -0.3 is 5.32 Å². The zero-order valence-corrected chi connectivity index (χ0v) is 11.5. The van der Waals surface area contributed by atoms with Crippen molar-refractivity contribution < 1.29 is 0 Å². The summed E-state index contributed by atoms with van der Waals surface area (Å²) in [5, 5.41) is 4.38. The third-order valence-corrected chi connectivity index (χ3v) is 4.41. The van der Waals surface area contributed by atoms with E-state index < -0.39 is 0 Å². The SMILES string of the molecule is Clc1ccc2c(c1)CCN(CC1CCCNC1)C2. The second-order valence-corrected chi connectivity index (χ2v) is 6.05. The minimum atomic E-state index is 0.840. The Bertz CT molecular complexity index is 413. The number of nitrogens with one attached hydrogen (secondary N) is 1. The average molecular weight is 265 g/mol. The van der Waals surface area contributed by atoms with Crippen molar-refractivity contribution in [2.45, 2.75) is 25.8 Å². The van der Waals surface area contributed by atoms with E-state index in [1.54, 1.807) is 0 Å². The number of halogens is 1. The highest BCUT2D eigenvalue weighted by Crippen LogP contribution is 2.24. The lowest BCUT2D eigenvalue weighted by molar-refractivity contribution is 0.194. The molecule has 3 rings (SSSR count). The van der Waals surface area contributed by atoms with E-state index in [0.717, 1.165) is 23.9 Å². The molecule has 1 fully saturated rings. The van der Waals surface area contributed by atoms with Crippen LogP contribution in [0, 0.1) is 5.92 Å². The first-order chi connectivity index (χ1) is 8.81. The fourth-order valence-corrected chi connectivity index (χ4v) is 3.38. The topological polar surface area (TPSA) is 15.3 Å². The molecule has 2 heterocycles. The summed E-state index contributed by atoms with van der Waals surface area (Å²) in [6, 6.07) is 6.35. The molecule has 0 aromatic heterocycles. The van der Waals surface area contributed by atoms with Crippen LogP contribution in [0.25, 0.3) is 0 Å². The van der Waals surface area contributed by atoms with Crippen LogP contribution < -0.4 is 5.32 Å². The zero-order valence-electron chi connectivity index (χ0n) is 10.8. The first kappa shape index (κ1) is 12.5. The van der Waals surface area contributed by atoms with Crippen molar-refractivity contribution in [1.29, 1.82) is 0 Å². The molecule has 1 aromatic rings. The predicted octanol–water partition coefficient (Wildman–Crippen LogP) is 2.70. The van der Waals surface area contributed by atoms with Gasteiger partial charge in [0.25, 0.3) is 0 Å². The van der Waals surface area contributed by atoms with Gasteiger partial charge in [-0.1, -0.05) is 17.7 Å². The van der Waals surface area contributed by atoms with E-state index in [1.165, 1.54) is 50.1 Å². The van der Waals surface area contributed by atoms with E-state index in [4.69, 9.17) is 11.6 Å². The van der Waals surface area contributed by atoms with Crippen molar-refractivity contribution in [2.75, 3.05) is 26.2 Å². The molecule has 0 bridgehead atoms. The minimum absolute atomic E-state index is 0.840. The molecule has 18 heavy (non-hydrogen) atoms. The van der Waals surface area contributed by atoms with Gasteiger partial charge in [0.1, 0.15) is 0 Å². The van der Waals surface area contributed by atoms with E-state index in [2.05, 4.69) is 22.3 Å². The van der Waals surface area contributed by atoms with Crippen molar-refractivity contribution in [1.82, 2.24) is 10.2 Å². The Hall–Kier alpha value is -0.570. The van der Waals surface area contributed by atoms with Crippen molar-refractivity contribution in [2.24, 2.45) is 5.92 Å². The maximum Gasteiger partial charge on any atom is 0.0408 e. The van der Waals surface area contributed by atoms with Gasteiger partial charge in [-0.25, -0.2) is 0 Å². The highest BCUT2D eigenvalue weighted by molar-refractivity contribution is 6.30. The van der Waals surface area contributed by atoms with E-state index in [1.807, 2.05) is 6.07 Å². The van der Waals surface area contributed by atoms with E-state index in [9.17, 15) is 0 Å². The van der Waals surface area contributed by atoms with Crippen LogP contribution in [0.2, 0.25) is 5.02 Å². The van der Waals surface area contributed by atoms with Crippen molar-refractivity contribution in [3.05, 3.63) is 34.3 Å². The van der Waals surface area contributed by atoms with Crippen LogP contribution in [0.15, 0.2) is 18.2 Å². The van der Waals surface area contributed by atoms with Crippen molar-refractivity contribution >= 4 is 11.6 Å². The highest BCUT2D eigenvalue weighted by atomic mass is 35.5. The molecule has 2 nitrogen and oxygen atoms in total. The van der Waals surface area contributed by atoms with Crippen LogP contribution in [-0.4, -0.2) is 31.1 Å². The lowest BCUT2D eigenvalue weighted by Crippen LogP contribution is -2.40. The van der Waals surface area contributed by atoms with Crippen LogP contribution in [0.4, 0.5) is 0 Å². The second kappa shape index (κ2) is 5.60. The summed E-state index contributed by atoms with van der Waals surface area (Å²) >= 11 is 6.05. The lowest BCUT2D eigenvalue weighted by Gasteiger charge is -2.33. The number of hydrogen-bond acceptors (Lipinski definition) is 2. The molecule has 2 aliphatic heterocycles. The average Bonchev–Trinajstić information content (AvgIpc) is 2.40. The molecule has 0 radical (unpaired) electrons. The molecule has 0 aliphatic carbocycles. The fraction of sp³-hybridized carbons (Fsp3) is 0.600. The van der Waals surface area contributed by atoms with Crippen molar-refractivity contribution in [3.63, 3.8) is 0 Å². The standard InChI is InChI=1S/C15H21ClN2/c16-15-4-3-14-11-18(7-5-13(14)8-15)10-12-2-1-6-17-9-12/h3-4,8,12,17H,1-2,5-7,9-11H2. The quantitative estimate of drug-likeness (QED) is 0.884. The summed E-state index contributed by atoms with van der Waals surface area (Å²) in [5.41, 5.74) is 2.91. The van der Waals surface area contributed by atoms with Crippen molar-refractivity contribution in [3.8, 4) is 0 Å². The third kappa shape index (κ3) is 2.87. The van der Waals surface area contributed by atoms with Crippen LogP contribution in [0.1, 0.15) is 24.0 Å². The predicted molar refractivity (Wildman–Crippen MR) is 76.0 cm³/mol. The smallest absolute Gasteiger partial charge is 0.0408 e. The van der Waals surface area contributed by atoms with Gasteiger partial charge in [0.15, 0.2) is 0 Å². The van der Waals surface area contributed by atoms with Gasteiger partial charge in [0, 0.05) is 24.7 Å². The maximum atomic E-state index is 6.05. The Morgan fingerprint density at radius 2 is 2.28 bits per heavy atom. The Morgan fingerprint density at radius 1 is 1.33 bits per heavy atom. The first-order valence-electron chi connectivity index (χ1n) is 7.01. The third-order valence-electron chi connectivity index (χ3n) is 4.17. The van der Waals surface area contributed by atoms with Gasteiger partial charge in [-0.2, -0.15) is 0 Å². The molecule has 0 saturated carbocycles.